The number of rotatable bonds is 3. The van der Waals surface area contributed by atoms with Crippen LogP contribution in [0.4, 0.5) is 0 Å². The van der Waals surface area contributed by atoms with Crippen LogP contribution in [-0.2, 0) is 0 Å². The summed E-state index contributed by atoms with van der Waals surface area (Å²) < 4.78 is 7.60. The van der Waals surface area contributed by atoms with Crippen LogP contribution in [0, 0.1) is 0 Å². The lowest BCUT2D eigenvalue weighted by Gasteiger charge is -2.13. The Hall–Kier alpha value is -10.9. The number of para-hydroxylation sites is 2. The van der Waals surface area contributed by atoms with Crippen molar-refractivity contribution >= 4 is 183 Å². The van der Waals surface area contributed by atoms with E-state index in [1.807, 2.05) is 65.1 Å². The average molecular weight is 1190 g/mol. The van der Waals surface area contributed by atoms with Gasteiger partial charge in [-0.25, -0.2) is 19.9 Å². The zero-order valence-electron chi connectivity index (χ0n) is 47.5. The molecule has 0 atom stereocenters. The van der Waals surface area contributed by atoms with Gasteiger partial charge in [-0.15, -0.1) is 22.7 Å². The highest BCUT2D eigenvalue weighted by Gasteiger charge is 2.21. The van der Waals surface area contributed by atoms with Crippen LogP contribution in [0.15, 0.2) is 279 Å². The zero-order chi connectivity index (χ0) is 58.7. The third-order valence-electron chi connectivity index (χ3n) is 17.6. The summed E-state index contributed by atoms with van der Waals surface area (Å²) in [6.07, 6.45) is 0. The van der Waals surface area contributed by atoms with E-state index in [4.69, 9.17) is 21.6 Å². The molecule has 0 saturated heterocycles. The van der Waals surface area contributed by atoms with Crippen molar-refractivity contribution < 1.29 is 0 Å². The molecule has 0 amide bonds. The van der Waals surface area contributed by atoms with Gasteiger partial charge in [0.05, 0.1) is 33.5 Å². The minimum atomic E-state index is 0.276. The number of benzene rings is 14. The van der Waals surface area contributed by atoms with E-state index < -0.39 is 0 Å². The summed E-state index contributed by atoms with van der Waals surface area (Å²) in [5.74, 6) is 0.685. The van der Waals surface area contributed by atoms with E-state index in [9.17, 15) is 0 Å². The van der Waals surface area contributed by atoms with E-state index in [1.165, 1.54) is 99.9 Å². The van der Waals surface area contributed by atoms with E-state index in [0.29, 0.717) is 5.95 Å². The zero-order valence-corrected chi connectivity index (χ0v) is 49.9. The fourth-order valence-corrected chi connectivity index (χ4v) is 16.1. The molecule has 0 saturated carbocycles. The van der Waals surface area contributed by atoms with Crippen molar-refractivity contribution in [3.05, 3.63) is 284 Å². The summed E-state index contributed by atoms with van der Waals surface area (Å²) in [5.41, 5.74) is 10.5. The van der Waals surface area contributed by atoms with Crippen LogP contribution in [0.2, 0.25) is 5.28 Å². The van der Waals surface area contributed by atoms with Crippen molar-refractivity contribution in [2.75, 3.05) is 0 Å². The van der Waals surface area contributed by atoms with Gasteiger partial charge >= 0.3 is 0 Å². The smallest absolute Gasteiger partial charge is 0.235 e. The van der Waals surface area contributed by atoms with E-state index in [-0.39, 0.29) is 5.28 Å². The van der Waals surface area contributed by atoms with Gasteiger partial charge in [-0.2, -0.15) is 0 Å². The molecule has 0 radical (unpaired) electrons. The number of nitrogens with one attached hydrogen (secondary N) is 1. The van der Waals surface area contributed by atoms with Crippen LogP contribution in [0.3, 0.4) is 0 Å². The largest absolute Gasteiger partial charge is 0.354 e. The molecule has 14 aromatic carbocycles. The van der Waals surface area contributed by atoms with Crippen LogP contribution in [-0.4, -0.2) is 29.5 Å². The van der Waals surface area contributed by atoms with Gasteiger partial charge in [-0.05, 0) is 92.4 Å². The maximum absolute atomic E-state index is 6.15. The first-order chi connectivity index (χ1) is 44.0. The first-order valence-electron chi connectivity index (χ1n) is 29.7. The molecule has 89 heavy (non-hydrogen) atoms. The summed E-state index contributed by atoms with van der Waals surface area (Å²) in [6, 6.07) is 98.7. The highest BCUT2D eigenvalue weighted by Crippen LogP contribution is 2.45. The van der Waals surface area contributed by atoms with Gasteiger partial charge in [0.2, 0.25) is 11.2 Å². The van der Waals surface area contributed by atoms with Gasteiger partial charge in [0, 0.05) is 106 Å². The Labute approximate surface area is 521 Å². The van der Waals surface area contributed by atoms with Gasteiger partial charge in [0.15, 0.2) is 0 Å². The molecule has 0 fully saturated rings. The van der Waals surface area contributed by atoms with Crippen molar-refractivity contribution in [1.82, 2.24) is 29.5 Å². The van der Waals surface area contributed by atoms with Crippen LogP contribution < -0.4 is 0 Å². The maximum Gasteiger partial charge on any atom is 0.235 e. The normalized spacial score (nSPS) is 11.9. The molecule has 9 heteroatoms. The Morgan fingerprint density at radius 3 is 1.34 bits per heavy atom. The van der Waals surface area contributed by atoms with E-state index in [0.717, 1.165) is 71.5 Å². The predicted molar refractivity (Wildman–Crippen MR) is 381 cm³/mol. The fourth-order valence-electron chi connectivity index (χ4n) is 13.4. The Balaban J connectivity index is 0.000000110. The third-order valence-corrected chi connectivity index (χ3v) is 20.2. The quantitative estimate of drug-likeness (QED) is 0.141. The van der Waals surface area contributed by atoms with Crippen molar-refractivity contribution in [2.45, 2.75) is 0 Å². The Bertz CT molecular complexity index is 6260. The summed E-state index contributed by atoms with van der Waals surface area (Å²) in [7, 11) is 0. The van der Waals surface area contributed by atoms with Gasteiger partial charge in [-0.3, -0.25) is 4.57 Å². The number of fused-ring (bicyclic) bond motifs is 22. The molecule has 416 valence electrons. The summed E-state index contributed by atoms with van der Waals surface area (Å²) in [6.45, 7) is 0. The van der Waals surface area contributed by atoms with Crippen LogP contribution >= 0.6 is 34.3 Å². The van der Waals surface area contributed by atoms with Gasteiger partial charge < -0.3 is 4.98 Å². The molecular weight excluding hydrogens is 1140 g/mol. The number of thiophene rings is 2. The second kappa shape index (κ2) is 20.7. The predicted octanol–water partition coefficient (Wildman–Crippen LogP) is 23.0. The molecule has 0 spiro atoms. The van der Waals surface area contributed by atoms with E-state index in [1.54, 1.807) is 0 Å². The lowest BCUT2D eigenvalue weighted by molar-refractivity contribution is 1.02. The van der Waals surface area contributed by atoms with Gasteiger partial charge in [0.1, 0.15) is 0 Å². The van der Waals surface area contributed by atoms with E-state index >= 15 is 0 Å². The summed E-state index contributed by atoms with van der Waals surface area (Å²) >= 11 is 9.92. The average Bonchev–Trinajstić information content (AvgIpc) is 1.67. The second-order valence-electron chi connectivity index (χ2n) is 22.6. The molecule has 0 unspecified atom stereocenters. The summed E-state index contributed by atoms with van der Waals surface area (Å²) in [5, 5.41) is 22.5. The molecule has 0 aliphatic carbocycles. The van der Waals surface area contributed by atoms with Crippen LogP contribution in [0.1, 0.15) is 0 Å². The van der Waals surface area contributed by atoms with Crippen molar-refractivity contribution in [1.29, 1.82) is 0 Å². The lowest BCUT2D eigenvalue weighted by atomic mass is 10.0. The van der Waals surface area contributed by atoms with E-state index in [2.05, 4.69) is 256 Å². The SMILES string of the molecule is Clc1nc(-c2ccccc2)c2ccc3ccccc3c2n1.c1ccc(-c2nc(-n3c4ccccc4c4cc5c(cc43)sc3c4ccccc4ccc53)nc3c2ccc2ccccc23)cc1.c1ccc2c(c1)ccc1c3cc4c(cc3sc21)[nH]c1ccccc14. The molecule has 6 nitrogen and oxygen atoms in total. The molecule has 0 aliphatic heterocycles. The van der Waals surface area contributed by atoms with Crippen molar-refractivity contribution in [3.8, 4) is 28.5 Å². The number of halogens is 1. The molecule has 20 aromatic rings. The number of aromatic amines is 1. The fraction of sp³-hybridized carbons (Fsp3) is 0. The summed E-state index contributed by atoms with van der Waals surface area (Å²) in [4.78, 5) is 23.1. The van der Waals surface area contributed by atoms with Gasteiger partial charge in [-0.1, -0.05) is 231 Å². The lowest BCUT2D eigenvalue weighted by Crippen LogP contribution is -2.03. The van der Waals surface area contributed by atoms with Crippen molar-refractivity contribution in [2.24, 2.45) is 0 Å². The minimum Gasteiger partial charge on any atom is -0.354 e. The topological polar surface area (TPSA) is 72.3 Å². The number of hydrogen-bond donors (Lipinski definition) is 1. The Kier molecular flexibility index (Phi) is 11.9. The molecule has 0 aliphatic rings. The van der Waals surface area contributed by atoms with Crippen LogP contribution in [0.25, 0.3) is 177 Å². The monoisotopic (exact) mass is 1190 g/mol. The molecule has 0 bridgehead atoms. The standard InChI is InChI=1S/C40H23N3S.C22H13NS.C18H11ClN2/c1-2-12-26(13-3-1)37-31-21-19-24-10-4-6-14-27(24)38(31)42-40(41-37)43-34-17-9-8-16-29(34)32-22-33-30-20-18-25-11-5-7-15-28(25)39(30)44-36(33)23-35(32)43;1-2-6-14-13(5-1)9-10-16-18-11-17-15-7-3-4-8-19(15)23-20(17)12-21(18)24-22(14)16;19-18-20-16(13-7-2-1-3-8-13)15-11-10-12-6-4-5-9-14(12)17(15)21-18/h1-23H;1-12,23H;1-11H. The first kappa shape index (κ1) is 51.4. The first-order valence-corrected chi connectivity index (χ1v) is 31.7. The maximum atomic E-state index is 6.15. The molecule has 20 rings (SSSR count). The Morgan fingerprint density at radius 2 is 0.742 bits per heavy atom. The number of hydrogen-bond acceptors (Lipinski definition) is 6. The highest BCUT2D eigenvalue weighted by atomic mass is 35.5. The third kappa shape index (κ3) is 8.44. The number of H-pyrrole nitrogens is 1. The Morgan fingerprint density at radius 1 is 0.292 bits per heavy atom. The van der Waals surface area contributed by atoms with Crippen LogP contribution in [0.5, 0.6) is 0 Å². The minimum absolute atomic E-state index is 0.276. The number of aromatic nitrogens is 6. The molecule has 1 N–H and O–H groups in total. The second-order valence-corrected chi connectivity index (χ2v) is 25.1. The molecule has 6 heterocycles. The van der Waals surface area contributed by atoms with Crippen molar-refractivity contribution in [3.63, 3.8) is 0 Å². The highest BCUT2D eigenvalue weighted by molar-refractivity contribution is 7.27. The molecule has 6 aromatic heterocycles. The van der Waals surface area contributed by atoms with Gasteiger partial charge in [0.25, 0.3) is 0 Å². The molecular formula is C80H47ClN6S2. The number of nitrogens with zero attached hydrogens (tertiary/aromatic N) is 5.